The van der Waals surface area contributed by atoms with Crippen molar-refractivity contribution in [2.45, 2.75) is 27.3 Å². The summed E-state index contributed by atoms with van der Waals surface area (Å²) in [5.41, 5.74) is 2.24. The van der Waals surface area contributed by atoms with E-state index in [4.69, 9.17) is 0 Å². The molecule has 0 fully saturated rings. The molecule has 0 radical (unpaired) electrons. The molecule has 0 saturated heterocycles. The monoisotopic (exact) mass is 247 g/mol. The number of hydrogen-bond acceptors (Lipinski definition) is 3. The summed E-state index contributed by atoms with van der Waals surface area (Å²) in [6.07, 6.45) is 1.78. The second-order valence-corrected chi connectivity index (χ2v) is 4.19. The normalized spacial score (nSPS) is 10.7. The van der Waals surface area contributed by atoms with Crippen LogP contribution in [0.1, 0.15) is 28.7 Å². The van der Waals surface area contributed by atoms with Gasteiger partial charge in [-0.05, 0) is 20.8 Å². The summed E-state index contributed by atoms with van der Waals surface area (Å²) < 4.78 is 3.47. The van der Waals surface area contributed by atoms with Gasteiger partial charge in [0.15, 0.2) is 5.82 Å². The molecule has 6 heteroatoms. The summed E-state index contributed by atoms with van der Waals surface area (Å²) in [6.45, 7) is 6.49. The maximum atomic E-state index is 12.2. The van der Waals surface area contributed by atoms with Crippen LogP contribution in [0.3, 0.4) is 0 Å². The highest BCUT2D eigenvalue weighted by atomic mass is 16.1. The Morgan fingerprint density at radius 3 is 2.61 bits per heavy atom. The molecule has 2 aromatic rings. The third-order valence-corrected chi connectivity index (χ3v) is 2.86. The Hall–Kier alpha value is -2.11. The van der Waals surface area contributed by atoms with Gasteiger partial charge in [0.1, 0.15) is 0 Å². The zero-order valence-electron chi connectivity index (χ0n) is 11.1. The Labute approximate surface area is 106 Å². The van der Waals surface area contributed by atoms with E-state index >= 15 is 0 Å². The predicted molar refractivity (Wildman–Crippen MR) is 68.5 cm³/mol. The van der Waals surface area contributed by atoms with Crippen molar-refractivity contribution in [3.63, 3.8) is 0 Å². The molecule has 0 aliphatic carbocycles. The predicted octanol–water partition coefficient (Wildman–Crippen LogP) is 1.51. The average Bonchev–Trinajstić information content (AvgIpc) is 2.83. The molecule has 2 heterocycles. The Morgan fingerprint density at radius 1 is 1.39 bits per heavy atom. The molecule has 2 aromatic heterocycles. The lowest BCUT2D eigenvalue weighted by Crippen LogP contribution is -2.14. The van der Waals surface area contributed by atoms with Crippen LogP contribution in [0.5, 0.6) is 0 Å². The number of hydrogen-bond donors (Lipinski definition) is 1. The van der Waals surface area contributed by atoms with Gasteiger partial charge in [-0.1, -0.05) is 0 Å². The van der Waals surface area contributed by atoms with Gasteiger partial charge in [-0.15, -0.1) is 0 Å². The van der Waals surface area contributed by atoms with Crippen molar-refractivity contribution >= 4 is 11.7 Å². The van der Waals surface area contributed by atoms with E-state index in [2.05, 4.69) is 15.5 Å². The molecule has 1 amide bonds. The quantitative estimate of drug-likeness (QED) is 0.894. The highest BCUT2D eigenvalue weighted by Gasteiger charge is 2.18. The first-order valence-corrected chi connectivity index (χ1v) is 5.88. The summed E-state index contributed by atoms with van der Waals surface area (Å²) in [4.78, 5) is 12.2. The Balaban J connectivity index is 2.26. The molecule has 0 aromatic carbocycles. The van der Waals surface area contributed by atoms with Gasteiger partial charge in [0.05, 0.1) is 11.3 Å². The summed E-state index contributed by atoms with van der Waals surface area (Å²) >= 11 is 0. The van der Waals surface area contributed by atoms with Crippen molar-refractivity contribution in [2.24, 2.45) is 7.05 Å². The van der Waals surface area contributed by atoms with Gasteiger partial charge < -0.3 is 5.32 Å². The van der Waals surface area contributed by atoms with E-state index in [9.17, 15) is 4.79 Å². The molecule has 2 rings (SSSR count). The minimum atomic E-state index is -0.164. The highest BCUT2D eigenvalue weighted by Crippen LogP contribution is 2.15. The van der Waals surface area contributed by atoms with Crippen LogP contribution in [0.25, 0.3) is 0 Å². The first kappa shape index (κ1) is 12.3. The molecule has 18 heavy (non-hydrogen) atoms. The SMILES string of the molecule is CCn1nc(C)c(C(=O)Nc2ccn(C)n2)c1C. The molecule has 0 bridgehead atoms. The molecule has 0 atom stereocenters. The zero-order valence-corrected chi connectivity index (χ0v) is 11.1. The number of aromatic nitrogens is 4. The van der Waals surface area contributed by atoms with Crippen molar-refractivity contribution in [1.29, 1.82) is 0 Å². The van der Waals surface area contributed by atoms with E-state index in [1.54, 1.807) is 24.0 Å². The van der Waals surface area contributed by atoms with Crippen LogP contribution in [0.2, 0.25) is 0 Å². The summed E-state index contributed by atoms with van der Waals surface area (Å²) in [6, 6.07) is 1.76. The molecule has 0 unspecified atom stereocenters. The standard InChI is InChI=1S/C12H17N5O/c1-5-17-9(3)11(8(2)14-17)12(18)13-10-6-7-16(4)15-10/h6-7H,5H2,1-4H3,(H,13,15,18). The summed E-state index contributed by atoms with van der Waals surface area (Å²) in [5, 5.41) is 11.2. The van der Waals surface area contributed by atoms with Crippen LogP contribution in [-0.4, -0.2) is 25.5 Å². The van der Waals surface area contributed by atoms with Crippen LogP contribution >= 0.6 is 0 Å². The van der Waals surface area contributed by atoms with Crippen LogP contribution < -0.4 is 5.32 Å². The highest BCUT2D eigenvalue weighted by molar-refractivity contribution is 6.05. The fourth-order valence-corrected chi connectivity index (χ4v) is 1.99. The van der Waals surface area contributed by atoms with Crippen LogP contribution in [0, 0.1) is 13.8 Å². The number of anilines is 1. The van der Waals surface area contributed by atoms with Crippen molar-refractivity contribution in [1.82, 2.24) is 19.6 Å². The number of rotatable bonds is 3. The van der Waals surface area contributed by atoms with E-state index in [0.717, 1.165) is 17.9 Å². The van der Waals surface area contributed by atoms with Crippen LogP contribution in [0.15, 0.2) is 12.3 Å². The minimum absolute atomic E-state index is 0.164. The molecule has 0 aliphatic rings. The minimum Gasteiger partial charge on any atom is -0.305 e. The second kappa shape index (κ2) is 4.64. The van der Waals surface area contributed by atoms with Gasteiger partial charge in [0.25, 0.3) is 5.91 Å². The first-order chi connectivity index (χ1) is 8.52. The van der Waals surface area contributed by atoms with E-state index in [0.29, 0.717) is 11.4 Å². The largest absolute Gasteiger partial charge is 0.305 e. The number of carbonyl (C=O) groups excluding carboxylic acids is 1. The first-order valence-electron chi connectivity index (χ1n) is 5.88. The number of carbonyl (C=O) groups is 1. The van der Waals surface area contributed by atoms with Crippen molar-refractivity contribution in [3.8, 4) is 0 Å². The molecule has 0 spiro atoms. The molecule has 1 N–H and O–H groups in total. The Morgan fingerprint density at radius 2 is 2.11 bits per heavy atom. The van der Waals surface area contributed by atoms with Crippen molar-refractivity contribution in [3.05, 3.63) is 29.2 Å². The van der Waals surface area contributed by atoms with E-state index < -0.39 is 0 Å². The average molecular weight is 247 g/mol. The number of aryl methyl sites for hydroxylation is 3. The number of amides is 1. The maximum absolute atomic E-state index is 12.2. The third kappa shape index (κ3) is 2.13. The lowest BCUT2D eigenvalue weighted by molar-refractivity contribution is 0.102. The second-order valence-electron chi connectivity index (χ2n) is 4.19. The van der Waals surface area contributed by atoms with Crippen molar-refractivity contribution < 1.29 is 4.79 Å². The van der Waals surface area contributed by atoms with E-state index in [-0.39, 0.29) is 5.91 Å². The summed E-state index contributed by atoms with van der Waals surface area (Å²) in [7, 11) is 1.81. The fraction of sp³-hybridized carbons (Fsp3) is 0.417. The molecule has 0 saturated carbocycles. The Bertz CT molecular complexity index is 581. The Kier molecular flexibility index (Phi) is 3.18. The maximum Gasteiger partial charge on any atom is 0.260 e. The molecule has 96 valence electrons. The van der Waals surface area contributed by atoms with Crippen LogP contribution in [-0.2, 0) is 13.6 Å². The van der Waals surface area contributed by atoms with Gasteiger partial charge in [0.2, 0.25) is 0 Å². The number of nitrogens with zero attached hydrogens (tertiary/aromatic N) is 4. The molecule has 6 nitrogen and oxygen atoms in total. The van der Waals surface area contributed by atoms with E-state index in [1.807, 2.05) is 25.5 Å². The fourth-order valence-electron chi connectivity index (χ4n) is 1.99. The smallest absolute Gasteiger partial charge is 0.260 e. The molecule has 0 aliphatic heterocycles. The third-order valence-electron chi connectivity index (χ3n) is 2.86. The van der Waals surface area contributed by atoms with E-state index in [1.165, 1.54) is 0 Å². The van der Waals surface area contributed by atoms with Gasteiger partial charge in [0, 0.05) is 31.5 Å². The lowest BCUT2D eigenvalue weighted by Gasteiger charge is -2.03. The zero-order chi connectivity index (χ0) is 13.3. The van der Waals surface area contributed by atoms with Gasteiger partial charge in [-0.25, -0.2) is 0 Å². The molecular formula is C12H17N5O. The molecular weight excluding hydrogens is 230 g/mol. The summed E-state index contributed by atoms with van der Waals surface area (Å²) in [5.74, 6) is 0.383. The van der Waals surface area contributed by atoms with Gasteiger partial charge in [-0.3, -0.25) is 14.2 Å². The lowest BCUT2D eigenvalue weighted by atomic mass is 10.2. The van der Waals surface area contributed by atoms with Gasteiger partial charge in [-0.2, -0.15) is 10.2 Å². The van der Waals surface area contributed by atoms with Crippen LogP contribution in [0.4, 0.5) is 5.82 Å². The number of nitrogens with one attached hydrogen (secondary N) is 1. The van der Waals surface area contributed by atoms with Crippen molar-refractivity contribution in [2.75, 3.05) is 5.32 Å². The van der Waals surface area contributed by atoms with Gasteiger partial charge >= 0.3 is 0 Å². The topological polar surface area (TPSA) is 64.7 Å².